The summed E-state index contributed by atoms with van der Waals surface area (Å²) in [5.74, 6) is 0.780. The number of carbonyl (C=O) groups excluding carboxylic acids is 1. The van der Waals surface area contributed by atoms with Crippen LogP contribution in [0.2, 0.25) is 0 Å². The number of unbranched alkanes of at least 4 members (excludes halogenated alkanes) is 8. The van der Waals surface area contributed by atoms with Crippen LogP contribution in [0.4, 0.5) is 0 Å². The summed E-state index contributed by atoms with van der Waals surface area (Å²) >= 11 is 0. The van der Waals surface area contributed by atoms with Gasteiger partial charge in [0.05, 0.1) is 0 Å². The number of carbonyl (C=O) groups is 1. The zero-order valence-corrected chi connectivity index (χ0v) is 22.5. The summed E-state index contributed by atoms with van der Waals surface area (Å²) in [6.07, 6.45) is 15.0. The van der Waals surface area contributed by atoms with Gasteiger partial charge >= 0.3 is 7.75 Å². The number of guanidine groups is 1. The summed E-state index contributed by atoms with van der Waals surface area (Å²) in [6.45, 7) is 7.21. The van der Waals surface area contributed by atoms with Crippen LogP contribution >= 0.6 is 7.75 Å². The molecule has 0 aromatic carbocycles. The molecule has 1 amide bonds. The number of nitrogens with zero attached hydrogens (tertiary/aromatic N) is 3. The molecule has 9 heteroatoms. The summed E-state index contributed by atoms with van der Waals surface area (Å²) in [5.41, 5.74) is 0. The van der Waals surface area contributed by atoms with Gasteiger partial charge < -0.3 is 20.0 Å². The van der Waals surface area contributed by atoms with E-state index < -0.39 is 7.75 Å². The lowest BCUT2D eigenvalue weighted by Gasteiger charge is -2.22. The molecule has 1 saturated heterocycles. The van der Waals surface area contributed by atoms with E-state index in [2.05, 4.69) is 28.5 Å². The molecule has 1 heterocycles. The van der Waals surface area contributed by atoms with Crippen molar-refractivity contribution in [3.8, 4) is 0 Å². The summed E-state index contributed by atoms with van der Waals surface area (Å²) in [7, 11) is -0.934. The molecule has 0 radical (unpaired) electrons. The zero-order chi connectivity index (χ0) is 24.5. The maximum atomic E-state index is 12.9. The van der Waals surface area contributed by atoms with Crippen LogP contribution < -0.4 is 5.32 Å². The molecule has 194 valence electrons. The molecule has 2 unspecified atom stereocenters. The lowest BCUT2D eigenvalue weighted by atomic mass is 9.93. The molecule has 0 aromatic rings. The summed E-state index contributed by atoms with van der Waals surface area (Å²) in [5, 5.41) is 3.15. The van der Waals surface area contributed by atoms with Crippen LogP contribution in [-0.4, -0.2) is 66.9 Å². The Morgan fingerprint density at radius 3 is 2.21 bits per heavy atom. The molecule has 2 N–H and O–H groups in total. The van der Waals surface area contributed by atoms with Crippen LogP contribution in [0.1, 0.15) is 97.3 Å². The van der Waals surface area contributed by atoms with Gasteiger partial charge in [-0.15, -0.1) is 4.76 Å². The fraction of sp³-hybridized carbons (Fsp3) is 0.917. The van der Waals surface area contributed by atoms with E-state index in [9.17, 15) is 14.3 Å². The van der Waals surface area contributed by atoms with E-state index in [1.54, 1.807) is 0 Å². The van der Waals surface area contributed by atoms with Crippen molar-refractivity contribution in [1.82, 2.24) is 15.1 Å². The highest BCUT2D eigenvalue weighted by Gasteiger charge is 2.28. The number of hydrogen-bond donors (Lipinski definition) is 2. The van der Waals surface area contributed by atoms with Gasteiger partial charge in [-0.25, -0.2) is 4.57 Å². The Labute approximate surface area is 202 Å². The maximum Gasteiger partial charge on any atom is 0.454 e. The summed E-state index contributed by atoms with van der Waals surface area (Å²) in [6, 6.07) is 0. The van der Waals surface area contributed by atoms with Crippen LogP contribution in [0.5, 0.6) is 0 Å². The third-order valence-electron chi connectivity index (χ3n) is 6.37. The number of rotatable bonds is 19. The molecule has 0 spiro atoms. The van der Waals surface area contributed by atoms with Gasteiger partial charge in [-0.05, 0) is 19.3 Å². The van der Waals surface area contributed by atoms with Crippen LogP contribution in [-0.2, 0) is 13.9 Å². The minimum atomic E-state index is -3.97. The minimum Gasteiger partial charge on any atom is -0.356 e. The zero-order valence-electron chi connectivity index (χ0n) is 21.6. The van der Waals surface area contributed by atoms with E-state index in [4.69, 9.17) is 0 Å². The predicted molar refractivity (Wildman–Crippen MR) is 136 cm³/mol. The van der Waals surface area contributed by atoms with Crippen molar-refractivity contribution in [2.45, 2.75) is 97.3 Å². The lowest BCUT2D eigenvalue weighted by molar-refractivity contribution is -0.125. The van der Waals surface area contributed by atoms with Crippen LogP contribution in [0.15, 0.2) is 4.76 Å². The van der Waals surface area contributed by atoms with Gasteiger partial charge in [-0.1, -0.05) is 78.1 Å². The van der Waals surface area contributed by atoms with Gasteiger partial charge in [0, 0.05) is 46.3 Å². The largest absolute Gasteiger partial charge is 0.454 e. The Morgan fingerprint density at radius 1 is 1.03 bits per heavy atom. The Kier molecular flexibility index (Phi) is 15.7. The van der Waals surface area contributed by atoms with Gasteiger partial charge in [0.15, 0.2) is 0 Å². The van der Waals surface area contributed by atoms with Crippen molar-refractivity contribution in [3.63, 3.8) is 0 Å². The van der Waals surface area contributed by atoms with Gasteiger partial charge in [0.2, 0.25) is 11.9 Å². The summed E-state index contributed by atoms with van der Waals surface area (Å²) < 4.78 is 20.4. The van der Waals surface area contributed by atoms with Gasteiger partial charge in [0.25, 0.3) is 0 Å². The number of amides is 1. The van der Waals surface area contributed by atoms with Gasteiger partial charge in [0.1, 0.15) is 0 Å². The minimum absolute atomic E-state index is 0.116. The number of hydrogen-bond acceptors (Lipinski definition) is 3. The van der Waals surface area contributed by atoms with Crippen LogP contribution in [0, 0.1) is 5.92 Å². The maximum absolute atomic E-state index is 12.9. The molecule has 0 saturated carbocycles. The monoisotopic (exact) mass is 488 g/mol. The molecular weight excluding hydrogens is 439 g/mol. The first-order valence-electron chi connectivity index (χ1n) is 13.1. The number of nitrogens with one attached hydrogen (secondary N) is 1. The van der Waals surface area contributed by atoms with Crippen molar-refractivity contribution >= 4 is 19.6 Å². The standard InChI is InChI=1S/C24H49N4O4P/c1-5-7-9-11-12-14-17-22(16-13-10-8-6-2)23(29)25-18-15-19-28-21-20-27(3)24(28)26-33(30,31)32-4/h22H,5-21H2,1-4H3,(H,25,29)(H,30,31). The van der Waals surface area contributed by atoms with E-state index in [1.807, 2.05) is 16.8 Å². The van der Waals surface area contributed by atoms with Crippen molar-refractivity contribution in [2.75, 3.05) is 40.3 Å². The topological polar surface area (TPSA) is 94.5 Å². The van der Waals surface area contributed by atoms with E-state index >= 15 is 0 Å². The quantitative estimate of drug-likeness (QED) is 0.192. The fourth-order valence-electron chi connectivity index (χ4n) is 4.24. The van der Waals surface area contributed by atoms with Crippen molar-refractivity contribution < 1.29 is 18.8 Å². The molecule has 0 bridgehead atoms. The van der Waals surface area contributed by atoms with E-state index in [0.29, 0.717) is 19.0 Å². The van der Waals surface area contributed by atoms with Gasteiger partial charge in [-0.2, -0.15) is 0 Å². The second kappa shape index (κ2) is 17.3. The average molecular weight is 489 g/mol. The fourth-order valence-corrected chi connectivity index (χ4v) is 4.83. The Hall–Kier alpha value is -1.11. The first-order valence-corrected chi connectivity index (χ1v) is 14.6. The van der Waals surface area contributed by atoms with E-state index in [0.717, 1.165) is 45.2 Å². The molecule has 0 aromatic heterocycles. The average Bonchev–Trinajstić information content (AvgIpc) is 3.13. The molecule has 1 fully saturated rings. The van der Waals surface area contributed by atoms with E-state index in [1.165, 1.54) is 58.5 Å². The SMILES string of the molecule is CCCCCCCCC(CCCCCC)C(=O)NCCCN1CCN(C)C1=NP(=O)(O)OC. The Bertz CT molecular complexity index is 617. The second-order valence-corrected chi connectivity index (χ2v) is 10.8. The summed E-state index contributed by atoms with van der Waals surface area (Å²) in [4.78, 5) is 26.4. The first kappa shape index (κ1) is 29.9. The molecule has 0 aliphatic carbocycles. The number of likely N-dealkylation sites (N-methyl/N-ethyl adjacent to an activating group) is 1. The van der Waals surface area contributed by atoms with Gasteiger partial charge in [-0.3, -0.25) is 9.32 Å². The molecule has 33 heavy (non-hydrogen) atoms. The van der Waals surface area contributed by atoms with Crippen molar-refractivity contribution in [3.05, 3.63) is 0 Å². The molecule has 1 rings (SSSR count). The Balaban J connectivity index is 2.45. The van der Waals surface area contributed by atoms with Crippen LogP contribution in [0.25, 0.3) is 0 Å². The second-order valence-electron chi connectivity index (χ2n) is 9.23. The molecule has 8 nitrogen and oxygen atoms in total. The normalized spacial score (nSPS) is 18.0. The molecule has 1 aliphatic rings. The third-order valence-corrected chi connectivity index (χ3v) is 7.28. The molecule has 1 aliphatic heterocycles. The van der Waals surface area contributed by atoms with E-state index in [-0.39, 0.29) is 11.8 Å². The smallest absolute Gasteiger partial charge is 0.356 e. The molecule has 2 atom stereocenters. The highest BCUT2D eigenvalue weighted by atomic mass is 31.2. The van der Waals surface area contributed by atoms with Crippen molar-refractivity contribution in [1.29, 1.82) is 0 Å². The highest BCUT2D eigenvalue weighted by molar-refractivity contribution is 7.51. The third kappa shape index (κ3) is 12.8. The molecular formula is C24H49N4O4P. The van der Waals surface area contributed by atoms with Crippen LogP contribution in [0.3, 0.4) is 0 Å². The highest BCUT2D eigenvalue weighted by Crippen LogP contribution is 2.43. The van der Waals surface area contributed by atoms with Crippen molar-refractivity contribution in [2.24, 2.45) is 10.7 Å². The lowest BCUT2D eigenvalue weighted by Crippen LogP contribution is -2.36. The first-order chi connectivity index (χ1) is 15.8. The Morgan fingerprint density at radius 2 is 1.61 bits per heavy atom. The predicted octanol–water partition coefficient (Wildman–Crippen LogP) is 5.18.